The number of nitrogens with one attached hydrogen (secondary N) is 1. The number of amides is 2. The molecule has 0 bridgehead atoms. The standard InChI is InChI=1S/C26H24N4O3/c31-25(28-17-19-10-13-29-15-12-27-24(29)16-19)20-6-8-22(9-7-20)33-23-11-14-30(18-23)26(32)21-4-2-1-3-5-21/h1-10,12-13,15-16,23H,11,14,17-18H2,(H,28,31). The fourth-order valence-electron chi connectivity index (χ4n) is 4.00. The van der Waals surface area contributed by atoms with Crippen LogP contribution in [0.15, 0.2) is 85.3 Å². The van der Waals surface area contributed by atoms with Crippen molar-refractivity contribution in [2.24, 2.45) is 0 Å². The summed E-state index contributed by atoms with van der Waals surface area (Å²) in [6.45, 7) is 1.65. The van der Waals surface area contributed by atoms with Crippen molar-refractivity contribution < 1.29 is 14.3 Å². The third-order valence-corrected chi connectivity index (χ3v) is 5.79. The lowest BCUT2D eigenvalue weighted by Crippen LogP contribution is -2.30. The minimum atomic E-state index is -0.148. The van der Waals surface area contributed by atoms with Crippen LogP contribution in [-0.2, 0) is 6.54 Å². The lowest BCUT2D eigenvalue weighted by atomic mass is 10.2. The Hall–Kier alpha value is -4.13. The normalized spacial score (nSPS) is 15.5. The molecule has 1 N–H and O–H groups in total. The molecular formula is C26H24N4O3. The lowest BCUT2D eigenvalue weighted by molar-refractivity contribution is 0.0772. The third kappa shape index (κ3) is 4.72. The Morgan fingerprint density at radius 3 is 2.64 bits per heavy atom. The Morgan fingerprint density at radius 2 is 1.82 bits per heavy atom. The molecule has 1 atom stereocenters. The van der Waals surface area contributed by atoms with Gasteiger partial charge in [-0.2, -0.15) is 0 Å². The summed E-state index contributed by atoms with van der Waals surface area (Å²) >= 11 is 0. The summed E-state index contributed by atoms with van der Waals surface area (Å²) in [4.78, 5) is 31.2. The molecule has 5 rings (SSSR count). The van der Waals surface area contributed by atoms with Gasteiger partial charge in [0.2, 0.25) is 0 Å². The molecule has 7 heteroatoms. The molecule has 2 amide bonds. The van der Waals surface area contributed by atoms with Crippen molar-refractivity contribution >= 4 is 17.5 Å². The second kappa shape index (κ2) is 9.16. The van der Waals surface area contributed by atoms with Gasteiger partial charge in [-0.15, -0.1) is 0 Å². The molecule has 1 aliphatic rings. The molecule has 1 saturated heterocycles. The van der Waals surface area contributed by atoms with Crippen LogP contribution in [0.25, 0.3) is 5.65 Å². The van der Waals surface area contributed by atoms with E-state index in [1.54, 1.807) is 30.5 Å². The number of nitrogens with zero attached hydrogens (tertiary/aromatic N) is 3. The van der Waals surface area contributed by atoms with E-state index < -0.39 is 0 Å². The van der Waals surface area contributed by atoms with Crippen molar-refractivity contribution in [2.75, 3.05) is 13.1 Å². The Labute approximate surface area is 191 Å². The fraction of sp³-hybridized carbons (Fsp3) is 0.192. The summed E-state index contributed by atoms with van der Waals surface area (Å²) in [6.07, 6.45) is 6.27. The topological polar surface area (TPSA) is 75.9 Å². The SMILES string of the molecule is O=C(NCc1ccn2ccnc2c1)c1ccc(OC2CCN(C(=O)c3ccccc3)C2)cc1. The van der Waals surface area contributed by atoms with Crippen LogP contribution < -0.4 is 10.1 Å². The lowest BCUT2D eigenvalue weighted by Gasteiger charge is -2.17. The van der Waals surface area contributed by atoms with Crippen LogP contribution in [0.3, 0.4) is 0 Å². The van der Waals surface area contributed by atoms with Crippen LogP contribution in [0.2, 0.25) is 0 Å². The maximum absolute atomic E-state index is 12.6. The second-order valence-corrected chi connectivity index (χ2v) is 8.08. The first-order valence-electron chi connectivity index (χ1n) is 11.0. The predicted molar refractivity (Wildman–Crippen MR) is 124 cm³/mol. The van der Waals surface area contributed by atoms with E-state index in [9.17, 15) is 9.59 Å². The molecule has 3 heterocycles. The van der Waals surface area contributed by atoms with Crippen LogP contribution >= 0.6 is 0 Å². The maximum atomic E-state index is 12.6. The van der Waals surface area contributed by atoms with E-state index in [0.29, 0.717) is 36.5 Å². The van der Waals surface area contributed by atoms with Crippen LogP contribution in [0.4, 0.5) is 0 Å². The molecule has 33 heavy (non-hydrogen) atoms. The molecular weight excluding hydrogens is 416 g/mol. The molecule has 0 aliphatic carbocycles. The zero-order chi connectivity index (χ0) is 22.6. The van der Waals surface area contributed by atoms with Gasteiger partial charge in [-0.05, 0) is 54.1 Å². The van der Waals surface area contributed by atoms with E-state index in [2.05, 4.69) is 10.3 Å². The van der Waals surface area contributed by atoms with Gasteiger partial charge in [0.05, 0.1) is 6.54 Å². The highest BCUT2D eigenvalue weighted by Gasteiger charge is 2.28. The van der Waals surface area contributed by atoms with Gasteiger partial charge in [-0.25, -0.2) is 4.98 Å². The van der Waals surface area contributed by atoms with E-state index in [4.69, 9.17) is 4.74 Å². The minimum Gasteiger partial charge on any atom is -0.489 e. The van der Waals surface area contributed by atoms with Gasteiger partial charge in [0, 0.05) is 49.2 Å². The largest absolute Gasteiger partial charge is 0.489 e. The Kier molecular flexibility index (Phi) is 5.76. The van der Waals surface area contributed by atoms with Gasteiger partial charge < -0.3 is 19.4 Å². The van der Waals surface area contributed by atoms with Crippen LogP contribution in [0.1, 0.15) is 32.7 Å². The predicted octanol–water partition coefficient (Wildman–Crippen LogP) is 3.56. The quantitative estimate of drug-likeness (QED) is 0.498. The number of likely N-dealkylation sites (tertiary alicyclic amines) is 1. The molecule has 166 valence electrons. The van der Waals surface area contributed by atoms with Gasteiger partial charge >= 0.3 is 0 Å². The number of carbonyl (C=O) groups excluding carboxylic acids is 2. The van der Waals surface area contributed by atoms with Crippen molar-refractivity contribution in [3.8, 4) is 5.75 Å². The Balaban J connectivity index is 1.13. The Morgan fingerprint density at radius 1 is 1.00 bits per heavy atom. The summed E-state index contributed by atoms with van der Waals surface area (Å²) < 4.78 is 7.98. The number of pyridine rings is 1. The van der Waals surface area contributed by atoms with Crippen LogP contribution in [-0.4, -0.2) is 45.3 Å². The molecule has 1 unspecified atom stereocenters. The van der Waals surface area contributed by atoms with Gasteiger partial charge in [0.15, 0.2) is 0 Å². The van der Waals surface area contributed by atoms with Crippen molar-refractivity contribution in [2.45, 2.75) is 19.1 Å². The van der Waals surface area contributed by atoms with Gasteiger partial charge in [0.25, 0.3) is 11.8 Å². The van der Waals surface area contributed by atoms with E-state index in [1.165, 1.54) is 0 Å². The first-order valence-corrected chi connectivity index (χ1v) is 11.0. The summed E-state index contributed by atoms with van der Waals surface area (Å²) in [6, 6.07) is 20.3. The highest BCUT2D eigenvalue weighted by atomic mass is 16.5. The molecule has 2 aromatic carbocycles. The third-order valence-electron chi connectivity index (χ3n) is 5.79. The molecule has 0 spiro atoms. The van der Waals surface area contributed by atoms with E-state index in [-0.39, 0.29) is 17.9 Å². The van der Waals surface area contributed by atoms with E-state index >= 15 is 0 Å². The minimum absolute atomic E-state index is 0.0284. The zero-order valence-electron chi connectivity index (χ0n) is 18.1. The van der Waals surface area contributed by atoms with Crippen LogP contribution in [0, 0.1) is 0 Å². The maximum Gasteiger partial charge on any atom is 0.253 e. The van der Waals surface area contributed by atoms with Crippen molar-refractivity contribution in [1.82, 2.24) is 19.6 Å². The van der Waals surface area contributed by atoms with Gasteiger partial charge in [-0.1, -0.05) is 18.2 Å². The summed E-state index contributed by atoms with van der Waals surface area (Å²) in [5.41, 5.74) is 3.09. The number of hydrogen-bond acceptors (Lipinski definition) is 4. The average Bonchev–Trinajstić information content (AvgIpc) is 3.52. The smallest absolute Gasteiger partial charge is 0.253 e. The number of aromatic nitrogens is 2. The summed E-state index contributed by atoms with van der Waals surface area (Å²) in [5.74, 6) is 0.571. The molecule has 7 nitrogen and oxygen atoms in total. The Bertz CT molecular complexity index is 1270. The zero-order valence-corrected chi connectivity index (χ0v) is 18.1. The number of rotatable bonds is 6. The monoisotopic (exact) mass is 440 g/mol. The van der Waals surface area contributed by atoms with Crippen molar-refractivity contribution in [1.29, 1.82) is 0 Å². The van der Waals surface area contributed by atoms with Crippen molar-refractivity contribution in [3.05, 3.63) is 102 Å². The highest BCUT2D eigenvalue weighted by Crippen LogP contribution is 2.20. The number of fused-ring (bicyclic) bond motifs is 1. The number of hydrogen-bond donors (Lipinski definition) is 1. The first kappa shape index (κ1) is 20.8. The summed E-state index contributed by atoms with van der Waals surface area (Å²) in [7, 11) is 0. The van der Waals surface area contributed by atoms with E-state index in [0.717, 1.165) is 17.6 Å². The molecule has 2 aromatic heterocycles. The molecule has 1 aliphatic heterocycles. The first-order chi connectivity index (χ1) is 16.2. The molecule has 0 radical (unpaired) electrons. The summed E-state index contributed by atoms with van der Waals surface area (Å²) in [5, 5.41) is 2.94. The van der Waals surface area contributed by atoms with E-state index in [1.807, 2.05) is 64.2 Å². The number of ether oxygens (including phenoxy) is 1. The highest BCUT2D eigenvalue weighted by molar-refractivity contribution is 5.94. The van der Waals surface area contributed by atoms with Crippen molar-refractivity contribution in [3.63, 3.8) is 0 Å². The molecule has 1 fully saturated rings. The number of imidazole rings is 1. The van der Waals surface area contributed by atoms with Gasteiger partial charge in [-0.3, -0.25) is 9.59 Å². The fourth-order valence-corrected chi connectivity index (χ4v) is 4.00. The molecule has 4 aromatic rings. The van der Waals surface area contributed by atoms with Gasteiger partial charge in [0.1, 0.15) is 17.5 Å². The average molecular weight is 441 g/mol. The molecule has 0 saturated carbocycles. The number of carbonyl (C=O) groups is 2. The van der Waals surface area contributed by atoms with Crippen LogP contribution in [0.5, 0.6) is 5.75 Å². The number of benzene rings is 2. The second-order valence-electron chi connectivity index (χ2n) is 8.08.